The first-order chi connectivity index (χ1) is 11.2. The Hall–Kier alpha value is -1.26. The van der Waals surface area contributed by atoms with Crippen molar-refractivity contribution >= 4 is 22.7 Å². The van der Waals surface area contributed by atoms with Crippen molar-refractivity contribution in [2.24, 2.45) is 0 Å². The molecule has 0 bridgehead atoms. The molecule has 5 nitrogen and oxygen atoms in total. The van der Waals surface area contributed by atoms with Crippen LogP contribution in [-0.4, -0.2) is 32.2 Å². The molecule has 1 fully saturated rings. The number of rotatable bonds is 4. The molecule has 0 N–H and O–H groups in total. The van der Waals surface area contributed by atoms with Crippen LogP contribution in [0.2, 0.25) is 0 Å². The third-order valence-electron chi connectivity index (χ3n) is 4.49. The molecule has 0 unspecified atom stereocenters. The number of aryl methyl sites for hydroxylation is 1. The molecule has 0 amide bonds. The summed E-state index contributed by atoms with van der Waals surface area (Å²) in [7, 11) is -6.85. The van der Waals surface area contributed by atoms with Crippen LogP contribution < -0.4 is 9.65 Å². The van der Waals surface area contributed by atoms with Crippen LogP contribution in [0.1, 0.15) is 40.2 Å². The fraction of sp³-hybridized carbons (Fsp3) is 0.600. The Bertz CT molecular complexity index is 743. The van der Waals surface area contributed by atoms with Gasteiger partial charge in [0.15, 0.2) is 0 Å². The standard InChI is InChI=1S/C15H20BF3O5S/c1-6-10-8-7-9-11(12(10)22-25(20,21)15(17,18)19)16-23-13(2,3)14(4,5)24-16/h7-9H,6H2,1-5H3. The molecular formula is C15H20BF3O5S. The second kappa shape index (κ2) is 6.17. The van der Waals surface area contributed by atoms with Crippen LogP contribution in [0.4, 0.5) is 13.2 Å². The van der Waals surface area contributed by atoms with Gasteiger partial charge in [-0.05, 0) is 39.7 Å². The summed E-state index contributed by atoms with van der Waals surface area (Å²) in [6, 6.07) is 4.52. The molecule has 0 radical (unpaired) electrons. The third-order valence-corrected chi connectivity index (χ3v) is 5.44. The Morgan fingerprint density at radius 3 is 2.08 bits per heavy atom. The van der Waals surface area contributed by atoms with Gasteiger partial charge in [0.25, 0.3) is 0 Å². The highest BCUT2D eigenvalue weighted by molar-refractivity contribution is 7.88. The monoisotopic (exact) mass is 380 g/mol. The molecule has 0 atom stereocenters. The largest absolute Gasteiger partial charge is 0.534 e. The summed E-state index contributed by atoms with van der Waals surface area (Å²) in [5.74, 6) is -0.402. The van der Waals surface area contributed by atoms with Crippen molar-refractivity contribution in [2.45, 2.75) is 57.7 Å². The van der Waals surface area contributed by atoms with Gasteiger partial charge in [-0.2, -0.15) is 21.6 Å². The van der Waals surface area contributed by atoms with Crippen molar-refractivity contribution in [3.8, 4) is 5.75 Å². The van der Waals surface area contributed by atoms with Gasteiger partial charge in [0.05, 0.1) is 11.2 Å². The van der Waals surface area contributed by atoms with Crippen LogP contribution in [0.15, 0.2) is 18.2 Å². The smallest absolute Gasteiger partial charge is 0.399 e. The lowest BCUT2D eigenvalue weighted by Gasteiger charge is -2.32. The van der Waals surface area contributed by atoms with Gasteiger partial charge in [0, 0.05) is 5.46 Å². The van der Waals surface area contributed by atoms with Crippen LogP contribution in [0.5, 0.6) is 5.75 Å². The normalized spacial score (nSPS) is 19.9. The summed E-state index contributed by atoms with van der Waals surface area (Å²) >= 11 is 0. The van der Waals surface area contributed by atoms with Crippen molar-refractivity contribution in [3.05, 3.63) is 23.8 Å². The summed E-state index contributed by atoms with van der Waals surface area (Å²) in [6.07, 6.45) is 0.274. The lowest BCUT2D eigenvalue weighted by atomic mass is 9.77. The number of benzene rings is 1. The van der Waals surface area contributed by atoms with Gasteiger partial charge in [-0.1, -0.05) is 25.1 Å². The Labute approximate surface area is 145 Å². The van der Waals surface area contributed by atoms with E-state index in [1.807, 2.05) is 0 Å². The van der Waals surface area contributed by atoms with Crippen LogP contribution in [-0.2, 0) is 25.8 Å². The number of hydrogen-bond acceptors (Lipinski definition) is 5. The molecule has 2 rings (SSSR count). The summed E-state index contributed by atoms with van der Waals surface area (Å²) in [4.78, 5) is 0. The van der Waals surface area contributed by atoms with E-state index in [2.05, 4.69) is 4.18 Å². The van der Waals surface area contributed by atoms with Gasteiger partial charge < -0.3 is 13.5 Å². The van der Waals surface area contributed by atoms with Crippen molar-refractivity contribution in [2.75, 3.05) is 0 Å². The summed E-state index contributed by atoms with van der Waals surface area (Å²) in [6.45, 7) is 8.80. The average molecular weight is 380 g/mol. The number of halogens is 3. The lowest BCUT2D eigenvalue weighted by molar-refractivity contribution is -0.0500. The first kappa shape index (κ1) is 20.1. The minimum absolute atomic E-state index is 0.103. The van der Waals surface area contributed by atoms with E-state index in [1.54, 1.807) is 40.7 Å². The van der Waals surface area contributed by atoms with Gasteiger partial charge in [0.2, 0.25) is 0 Å². The van der Waals surface area contributed by atoms with E-state index in [-0.39, 0.29) is 11.9 Å². The van der Waals surface area contributed by atoms with E-state index in [0.29, 0.717) is 5.56 Å². The van der Waals surface area contributed by atoms with Crippen LogP contribution in [0.25, 0.3) is 0 Å². The summed E-state index contributed by atoms with van der Waals surface area (Å²) < 4.78 is 77.2. The topological polar surface area (TPSA) is 61.8 Å². The van der Waals surface area contributed by atoms with Crippen molar-refractivity contribution in [3.63, 3.8) is 0 Å². The number of para-hydroxylation sites is 1. The maximum absolute atomic E-state index is 12.7. The Morgan fingerprint density at radius 1 is 1.12 bits per heavy atom. The molecular weight excluding hydrogens is 360 g/mol. The summed E-state index contributed by atoms with van der Waals surface area (Å²) in [5, 5.41) is 0. The third kappa shape index (κ3) is 3.66. The predicted octanol–water partition coefficient (Wildman–Crippen LogP) is 2.78. The van der Waals surface area contributed by atoms with Gasteiger partial charge in [-0.15, -0.1) is 0 Å². The minimum atomic E-state index is -5.80. The molecule has 1 aliphatic heterocycles. The first-order valence-corrected chi connectivity index (χ1v) is 9.11. The first-order valence-electron chi connectivity index (χ1n) is 7.70. The zero-order chi connectivity index (χ0) is 19.3. The zero-order valence-corrected chi connectivity index (χ0v) is 15.4. The maximum Gasteiger partial charge on any atom is 0.534 e. The second-order valence-corrected chi connectivity index (χ2v) is 8.30. The van der Waals surface area contributed by atoms with E-state index < -0.39 is 39.7 Å². The molecule has 1 aliphatic rings. The summed E-state index contributed by atoms with van der Waals surface area (Å²) in [5.41, 5.74) is -6.59. The molecule has 0 spiro atoms. The van der Waals surface area contributed by atoms with Gasteiger partial charge in [0.1, 0.15) is 5.75 Å². The van der Waals surface area contributed by atoms with Crippen LogP contribution in [0.3, 0.4) is 0 Å². The van der Waals surface area contributed by atoms with E-state index in [0.717, 1.165) is 0 Å². The quantitative estimate of drug-likeness (QED) is 0.457. The fourth-order valence-electron chi connectivity index (χ4n) is 2.30. The molecule has 1 aromatic carbocycles. The molecule has 0 aromatic heterocycles. The lowest BCUT2D eigenvalue weighted by Crippen LogP contribution is -2.41. The van der Waals surface area contributed by atoms with Gasteiger partial charge in [-0.25, -0.2) is 0 Å². The Morgan fingerprint density at radius 2 is 1.64 bits per heavy atom. The van der Waals surface area contributed by atoms with Gasteiger partial charge in [-0.3, -0.25) is 0 Å². The highest BCUT2D eigenvalue weighted by atomic mass is 32.2. The number of alkyl halides is 3. The minimum Gasteiger partial charge on any atom is -0.399 e. The zero-order valence-electron chi connectivity index (χ0n) is 14.6. The molecule has 1 aromatic rings. The molecule has 0 aliphatic carbocycles. The Balaban J connectivity index is 2.52. The molecule has 1 saturated heterocycles. The average Bonchev–Trinajstić information content (AvgIpc) is 2.65. The molecule has 140 valence electrons. The van der Waals surface area contributed by atoms with Gasteiger partial charge >= 0.3 is 22.7 Å². The highest BCUT2D eigenvalue weighted by Gasteiger charge is 2.54. The molecule has 1 heterocycles. The van der Waals surface area contributed by atoms with E-state index in [4.69, 9.17) is 9.31 Å². The number of hydrogen-bond donors (Lipinski definition) is 0. The second-order valence-electron chi connectivity index (χ2n) is 6.76. The Kier molecular flexibility index (Phi) is 4.95. The van der Waals surface area contributed by atoms with E-state index in [1.165, 1.54) is 12.1 Å². The van der Waals surface area contributed by atoms with E-state index >= 15 is 0 Å². The highest BCUT2D eigenvalue weighted by Crippen LogP contribution is 2.38. The van der Waals surface area contributed by atoms with E-state index in [9.17, 15) is 21.6 Å². The fourth-order valence-corrected chi connectivity index (χ4v) is 2.81. The van der Waals surface area contributed by atoms with Crippen molar-refractivity contribution in [1.29, 1.82) is 0 Å². The molecule has 25 heavy (non-hydrogen) atoms. The van der Waals surface area contributed by atoms with Crippen LogP contribution >= 0.6 is 0 Å². The molecule has 0 saturated carbocycles. The van der Waals surface area contributed by atoms with Crippen LogP contribution in [0, 0.1) is 0 Å². The molecule has 10 heteroatoms. The SMILES string of the molecule is CCc1cccc(B2OC(C)(C)C(C)(C)O2)c1OS(=O)(=O)C(F)(F)F. The van der Waals surface area contributed by atoms with Crippen molar-refractivity contribution < 1.29 is 35.1 Å². The predicted molar refractivity (Wildman–Crippen MR) is 87.1 cm³/mol. The van der Waals surface area contributed by atoms with Crippen molar-refractivity contribution in [1.82, 2.24) is 0 Å². The maximum atomic E-state index is 12.7.